The summed E-state index contributed by atoms with van der Waals surface area (Å²) in [5, 5.41) is 9.80. The van der Waals surface area contributed by atoms with E-state index in [1.165, 1.54) is 12.1 Å². The van der Waals surface area contributed by atoms with Crippen LogP contribution in [0.15, 0.2) is 12.1 Å². The van der Waals surface area contributed by atoms with Crippen LogP contribution in [0.5, 0.6) is 0 Å². The average molecular weight is 255 g/mol. The highest BCUT2D eigenvalue weighted by atomic mass is 35.5. The summed E-state index contributed by atoms with van der Waals surface area (Å²) in [7, 11) is 0. The van der Waals surface area contributed by atoms with E-state index in [4.69, 9.17) is 45.7 Å². The van der Waals surface area contributed by atoms with Gasteiger partial charge in [-0.25, -0.2) is 4.79 Å². The number of halogens is 3. The van der Waals surface area contributed by atoms with Crippen molar-refractivity contribution in [2.75, 3.05) is 5.06 Å². The monoisotopic (exact) mass is 254 g/mol. The van der Waals surface area contributed by atoms with E-state index in [0.717, 1.165) is 0 Å². The highest BCUT2D eigenvalue weighted by Gasteiger charge is 2.15. The molecule has 4 nitrogen and oxygen atoms in total. The van der Waals surface area contributed by atoms with Crippen molar-refractivity contribution >= 4 is 46.5 Å². The SMILES string of the molecule is NC(=O)N(O)c1cc(Cl)c(Cl)cc1Cl. The van der Waals surface area contributed by atoms with Crippen LogP contribution in [0.2, 0.25) is 15.1 Å². The van der Waals surface area contributed by atoms with Gasteiger partial charge >= 0.3 is 6.03 Å². The summed E-state index contributed by atoms with van der Waals surface area (Å²) < 4.78 is 0. The summed E-state index contributed by atoms with van der Waals surface area (Å²) in [6, 6.07) is 1.47. The molecule has 0 atom stereocenters. The second-order valence-electron chi connectivity index (χ2n) is 2.37. The van der Waals surface area contributed by atoms with Crippen LogP contribution in [0.3, 0.4) is 0 Å². The van der Waals surface area contributed by atoms with Gasteiger partial charge in [-0.1, -0.05) is 34.8 Å². The number of amides is 2. The van der Waals surface area contributed by atoms with Crippen LogP contribution in [0.25, 0.3) is 0 Å². The van der Waals surface area contributed by atoms with Gasteiger partial charge < -0.3 is 5.73 Å². The molecule has 0 radical (unpaired) electrons. The molecule has 0 fully saturated rings. The van der Waals surface area contributed by atoms with Crippen molar-refractivity contribution in [1.82, 2.24) is 0 Å². The topological polar surface area (TPSA) is 66.6 Å². The number of hydroxylamine groups is 1. The summed E-state index contributed by atoms with van der Waals surface area (Å²) in [5.74, 6) is 0. The molecule has 3 N–H and O–H groups in total. The van der Waals surface area contributed by atoms with E-state index in [-0.39, 0.29) is 25.8 Å². The van der Waals surface area contributed by atoms with E-state index in [1.807, 2.05) is 0 Å². The summed E-state index contributed by atoms with van der Waals surface area (Å²) >= 11 is 17.0. The van der Waals surface area contributed by atoms with Gasteiger partial charge in [-0.2, -0.15) is 5.06 Å². The molecule has 14 heavy (non-hydrogen) atoms. The number of primary amides is 1. The molecule has 1 aromatic carbocycles. The molecule has 0 bridgehead atoms. The van der Waals surface area contributed by atoms with E-state index in [9.17, 15) is 4.79 Å². The summed E-state index contributed by atoms with van der Waals surface area (Å²) in [6.45, 7) is 0. The molecule has 0 heterocycles. The number of hydrogen-bond donors (Lipinski definition) is 2. The Morgan fingerprint density at radius 3 is 2.21 bits per heavy atom. The first-order chi connectivity index (χ1) is 6.43. The number of anilines is 1. The summed E-state index contributed by atoms with van der Waals surface area (Å²) in [6.07, 6.45) is 0. The van der Waals surface area contributed by atoms with Crippen molar-refractivity contribution in [3.05, 3.63) is 27.2 Å². The van der Waals surface area contributed by atoms with E-state index in [0.29, 0.717) is 0 Å². The maximum atomic E-state index is 10.6. The van der Waals surface area contributed by atoms with E-state index >= 15 is 0 Å². The van der Waals surface area contributed by atoms with Crippen molar-refractivity contribution in [3.63, 3.8) is 0 Å². The van der Waals surface area contributed by atoms with Gasteiger partial charge in [0.05, 0.1) is 20.8 Å². The Bertz CT molecular complexity index is 383. The van der Waals surface area contributed by atoms with Crippen molar-refractivity contribution in [2.45, 2.75) is 0 Å². The Kier molecular flexibility index (Phi) is 3.44. The number of nitrogens with two attached hydrogens (primary N) is 1. The second-order valence-corrected chi connectivity index (χ2v) is 3.59. The number of carbonyl (C=O) groups excluding carboxylic acids is 1. The van der Waals surface area contributed by atoms with Crippen molar-refractivity contribution in [2.24, 2.45) is 5.73 Å². The van der Waals surface area contributed by atoms with Gasteiger partial charge in [-0.3, -0.25) is 5.21 Å². The standard InChI is InChI=1S/C7H5Cl3N2O2/c8-3-1-5(10)6(2-4(3)9)12(14)7(11)13/h1-2,14H,(H2,11,13). The first-order valence-electron chi connectivity index (χ1n) is 3.36. The molecule has 0 saturated carbocycles. The van der Waals surface area contributed by atoms with E-state index in [1.54, 1.807) is 0 Å². The van der Waals surface area contributed by atoms with Gasteiger partial charge in [-0.05, 0) is 12.1 Å². The van der Waals surface area contributed by atoms with Gasteiger partial charge in [0.2, 0.25) is 0 Å². The Morgan fingerprint density at radius 2 is 1.71 bits per heavy atom. The first kappa shape index (κ1) is 11.4. The quantitative estimate of drug-likeness (QED) is 0.460. The molecule has 76 valence electrons. The molecular formula is C7H5Cl3N2O2. The van der Waals surface area contributed by atoms with E-state index < -0.39 is 6.03 Å². The third-order valence-electron chi connectivity index (χ3n) is 1.43. The smallest absolute Gasteiger partial charge is 0.343 e. The zero-order valence-corrected chi connectivity index (χ0v) is 8.94. The summed E-state index contributed by atoms with van der Waals surface area (Å²) in [4.78, 5) is 10.6. The predicted molar refractivity (Wildman–Crippen MR) is 55.3 cm³/mol. The lowest BCUT2D eigenvalue weighted by molar-refractivity contribution is 0.212. The van der Waals surface area contributed by atoms with Crippen LogP contribution < -0.4 is 10.8 Å². The van der Waals surface area contributed by atoms with Gasteiger partial charge in [0.15, 0.2) is 0 Å². The lowest BCUT2D eigenvalue weighted by atomic mass is 10.3. The molecule has 0 saturated heterocycles. The second kappa shape index (κ2) is 4.23. The molecular weight excluding hydrogens is 250 g/mol. The molecule has 0 aromatic heterocycles. The zero-order valence-electron chi connectivity index (χ0n) is 6.67. The minimum atomic E-state index is -1.06. The molecule has 0 unspecified atom stereocenters. The molecule has 1 aromatic rings. The Labute approximate surface area is 94.7 Å². The van der Waals surface area contributed by atoms with Gasteiger partial charge in [-0.15, -0.1) is 0 Å². The van der Waals surface area contributed by atoms with Gasteiger partial charge in [0.1, 0.15) is 0 Å². The van der Waals surface area contributed by atoms with Crippen LogP contribution in [0.4, 0.5) is 10.5 Å². The number of benzene rings is 1. The largest absolute Gasteiger partial charge is 0.349 e. The van der Waals surface area contributed by atoms with Crippen LogP contribution in [-0.2, 0) is 0 Å². The summed E-state index contributed by atoms with van der Waals surface area (Å²) in [5.41, 5.74) is 4.81. The lowest BCUT2D eigenvalue weighted by Gasteiger charge is -2.14. The maximum absolute atomic E-state index is 10.6. The Hall–Kier alpha value is -0.680. The maximum Gasteiger partial charge on any atom is 0.343 e. The fourth-order valence-electron chi connectivity index (χ4n) is 0.793. The molecule has 0 aliphatic rings. The minimum Gasteiger partial charge on any atom is -0.349 e. The van der Waals surface area contributed by atoms with Crippen molar-refractivity contribution in [3.8, 4) is 0 Å². The molecule has 7 heteroatoms. The van der Waals surface area contributed by atoms with Crippen LogP contribution >= 0.6 is 34.8 Å². The Morgan fingerprint density at radius 1 is 1.21 bits per heavy atom. The number of nitrogens with zero attached hydrogens (tertiary/aromatic N) is 1. The van der Waals surface area contributed by atoms with Crippen LogP contribution in [0, 0.1) is 0 Å². The van der Waals surface area contributed by atoms with Crippen molar-refractivity contribution in [1.29, 1.82) is 0 Å². The predicted octanol–water partition coefficient (Wildman–Crippen LogP) is 2.92. The normalized spacial score (nSPS) is 10.0. The third-order valence-corrected chi connectivity index (χ3v) is 2.45. The fourth-order valence-corrected chi connectivity index (χ4v) is 1.41. The number of carbonyl (C=O) groups is 1. The van der Waals surface area contributed by atoms with Crippen molar-refractivity contribution < 1.29 is 10.0 Å². The molecule has 1 rings (SSSR count). The van der Waals surface area contributed by atoms with Gasteiger partial charge in [0.25, 0.3) is 0 Å². The highest BCUT2D eigenvalue weighted by Crippen LogP contribution is 2.33. The number of rotatable bonds is 1. The first-order valence-corrected chi connectivity index (χ1v) is 4.50. The van der Waals surface area contributed by atoms with Crippen LogP contribution in [-0.4, -0.2) is 11.2 Å². The number of hydrogen-bond acceptors (Lipinski definition) is 2. The Balaban J connectivity index is 3.22. The molecule has 2 amide bonds. The fraction of sp³-hybridized carbons (Fsp3) is 0. The average Bonchev–Trinajstić information content (AvgIpc) is 2.10. The molecule has 0 aliphatic heterocycles. The highest BCUT2D eigenvalue weighted by molar-refractivity contribution is 6.44. The third kappa shape index (κ3) is 2.22. The molecule has 0 spiro atoms. The van der Waals surface area contributed by atoms with E-state index in [2.05, 4.69) is 0 Å². The number of urea groups is 1. The van der Waals surface area contributed by atoms with Crippen LogP contribution in [0.1, 0.15) is 0 Å². The van der Waals surface area contributed by atoms with Gasteiger partial charge in [0, 0.05) is 0 Å². The molecule has 0 aliphatic carbocycles. The minimum absolute atomic E-state index is 0.0198. The lowest BCUT2D eigenvalue weighted by Crippen LogP contribution is -2.32. The zero-order chi connectivity index (χ0) is 10.9.